The zero-order valence-corrected chi connectivity index (χ0v) is 16.8. The first-order valence-electron chi connectivity index (χ1n) is 9.24. The number of rotatable bonds is 5. The predicted octanol–water partition coefficient (Wildman–Crippen LogP) is 7.11. The maximum absolute atomic E-state index is 3.56. The average molecular weight is 350 g/mol. The lowest BCUT2D eigenvalue weighted by molar-refractivity contribution is 0.969. The van der Waals surface area contributed by atoms with Crippen LogP contribution < -0.4 is 4.90 Å². The lowest BCUT2D eigenvalue weighted by atomic mass is 9.95. The lowest BCUT2D eigenvalue weighted by Gasteiger charge is -2.26. The zero-order valence-electron chi connectivity index (χ0n) is 15.9. The van der Waals surface area contributed by atoms with Crippen molar-refractivity contribution in [2.24, 2.45) is 0 Å². The molecule has 3 rings (SSSR count). The average Bonchev–Trinajstić information content (AvgIpc) is 3.02. The summed E-state index contributed by atoms with van der Waals surface area (Å²) < 4.78 is 0. The van der Waals surface area contributed by atoms with Crippen molar-refractivity contribution in [1.29, 1.82) is 0 Å². The third-order valence-corrected chi connectivity index (χ3v) is 5.81. The van der Waals surface area contributed by atoms with Crippen LogP contribution >= 0.6 is 11.8 Å². The minimum Gasteiger partial charge on any atom is -0.322 e. The normalized spacial score (nSPS) is 14.5. The van der Waals surface area contributed by atoms with E-state index in [4.69, 9.17) is 0 Å². The van der Waals surface area contributed by atoms with Crippen molar-refractivity contribution in [2.75, 3.05) is 4.90 Å². The molecule has 2 aromatic carbocycles. The Labute approximate surface area is 157 Å². The van der Waals surface area contributed by atoms with Gasteiger partial charge < -0.3 is 4.90 Å². The maximum Gasteiger partial charge on any atom is 0.169 e. The number of nitrogens with zero attached hydrogens (tertiary/aromatic N) is 1. The summed E-state index contributed by atoms with van der Waals surface area (Å²) in [6.45, 7) is 11.1. The molecule has 0 N–H and O–H groups in total. The molecule has 0 spiro atoms. The quantitative estimate of drug-likeness (QED) is 0.565. The molecule has 0 amide bonds. The van der Waals surface area contributed by atoms with Crippen molar-refractivity contribution in [2.45, 2.75) is 53.9 Å². The van der Waals surface area contributed by atoms with Crippen LogP contribution in [0, 0.1) is 19.7 Å². The number of allylic oxidation sites excluding steroid dienone is 2. The molecule has 2 heteroatoms. The largest absolute Gasteiger partial charge is 0.322 e. The summed E-state index contributed by atoms with van der Waals surface area (Å²) in [5, 5.41) is 0. The van der Waals surface area contributed by atoms with Crippen LogP contribution in [0.4, 0.5) is 5.69 Å². The SMILES string of the molecule is CCC1=C(CC)N(c2c(CC)cccc2-c2cc(C)cc(C)c2)[C]S1. The van der Waals surface area contributed by atoms with Gasteiger partial charge in [0, 0.05) is 16.2 Å². The van der Waals surface area contributed by atoms with Crippen LogP contribution in [0.2, 0.25) is 0 Å². The molecule has 25 heavy (non-hydrogen) atoms. The van der Waals surface area contributed by atoms with E-state index >= 15 is 0 Å². The Balaban J connectivity index is 2.21. The molecule has 130 valence electrons. The van der Waals surface area contributed by atoms with Gasteiger partial charge in [0.05, 0.1) is 5.69 Å². The van der Waals surface area contributed by atoms with E-state index in [2.05, 4.69) is 81.8 Å². The summed E-state index contributed by atoms with van der Waals surface area (Å²) in [6, 6.07) is 13.5. The minimum atomic E-state index is 1.02. The molecule has 0 aromatic heterocycles. The Morgan fingerprint density at radius 3 is 2.24 bits per heavy atom. The van der Waals surface area contributed by atoms with Gasteiger partial charge in [-0.2, -0.15) is 0 Å². The highest BCUT2D eigenvalue weighted by molar-refractivity contribution is 8.05. The van der Waals surface area contributed by atoms with Crippen molar-refractivity contribution < 1.29 is 0 Å². The summed E-state index contributed by atoms with van der Waals surface area (Å²) in [6.07, 6.45) is 3.13. The van der Waals surface area contributed by atoms with Gasteiger partial charge in [-0.25, -0.2) is 0 Å². The van der Waals surface area contributed by atoms with Gasteiger partial charge >= 0.3 is 0 Å². The van der Waals surface area contributed by atoms with Gasteiger partial charge in [-0.1, -0.05) is 80.1 Å². The lowest BCUT2D eigenvalue weighted by Crippen LogP contribution is -2.17. The third kappa shape index (κ3) is 3.50. The molecule has 2 aromatic rings. The summed E-state index contributed by atoms with van der Waals surface area (Å²) in [7, 11) is 0. The molecule has 1 heterocycles. The van der Waals surface area contributed by atoms with Gasteiger partial charge in [0.2, 0.25) is 0 Å². The molecular formula is C23H27NS. The number of benzene rings is 2. The Morgan fingerprint density at radius 2 is 1.64 bits per heavy atom. The highest BCUT2D eigenvalue weighted by Gasteiger charge is 2.27. The first-order chi connectivity index (χ1) is 12.1. The molecule has 0 fully saturated rings. The van der Waals surface area contributed by atoms with Crippen molar-refractivity contribution in [3.63, 3.8) is 0 Å². The molecule has 1 nitrogen and oxygen atoms in total. The molecular weight excluding hydrogens is 322 g/mol. The summed E-state index contributed by atoms with van der Waals surface area (Å²) >= 11 is 1.76. The maximum atomic E-state index is 3.56. The second-order valence-electron chi connectivity index (χ2n) is 6.65. The predicted molar refractivity (Wildman–Crippen MR) is 112 cm³/mol. The Kier molecular flexibility index (Phi) is 5.58. The second-order valence-corrected chi connectivity index (χ2v) is 7.53. The van der Waals surface area contributed by atoms with E-state index in [0.29, 0.717) is 0 Å². The second kappa shape index (κ2) is 7.70. The molecule has 0 saturated heterocycles. The fraction of sp³-hybridized carbons (Fsp3) is 0.348. The smallest absolute Gasteiger partial charge is 0.169 e. The number of thioether (sulfide) groups is 1. The summed E-state index contributed by atoms with van der Waals surface area (Å²) in [4.78, 5) is 3.77. The highest BCUT2D eigenvalue weighted by atomic mass is 32.2. The summed E-state index contributed by atoms with van der Waals surface area (Å²) in [5.41, 5.74) is 9.33. The Morgan fingerprint density at radius 1 is 0.920 bits per heavy atom. The minimum absolute atomic E-state index is 1.02. The molecule has 0 saturated carbocycles. The number of anilines is 1. The van der Waals surface area contributed by atoms with Gasteiger partial charge in [-0.3, -0.25) is 0 Å². The monoisotopic (exact) mass is 349 g/mol. The molecule has 0 bridgehead atoms. The zero-order chi connectivity index (χ0) is 18.0. The summed E-state index contributed by atoms with van der Waals surface area (Å²) in [5.74, 6) is 3.56. The topological polar surface area (TPSA) is 3.24 Å². The standard InChI is InChI=1S/C23H27NS/c1-6-18-10-9-11-20(19-13-16(4)12-17(5)14-19)23(18)24-15-25-22(8-3)21(24)7-2/h9-14H,6-8H2,1-5H3. The van der Waals surface area contributed by atoms with Crippen LogP contribution in [0.1, 0.15) is 50.3 Å². The number of para-hydroxylation sites is 1. The van der Waals surface area contributed by atoms with Crippen LogP contribution in [-0.4, -0.2) is 0 Å². The van der Waals surface area contributed by atoms with Gasteiger partial charge in [0.15, 0.2) is 5.88 Å². The van der Waals surface area contributed by atoms with Gasteiger partial charge in [-0.15, -0.1) is 0 Å². The van der Waals surface area contributed by atoms with E-state index in [9.17, 15) is 0 Å². The number of aryl methyl sites for hydroxylation is 3. The molecule has 1 aliphatic rings. The van der Waals surface area contributed by atoms with Crippen molar-refractivity contribution in [3.05, 3.63) is 69.6 Å². The van der Waals surface area contributed by atoms with Crippen LogP contribution in [0.3, 0.4) is 0 Å². The van der Waals surface area contributed by atoms with Crippen LogP contribution in [0.5, 0.6) is 0 Å². The van der Waals surface area contributed by atoms with Gasteiger partial charge in [0.1, 0.15) is 0 Å². The van der Waals surface area contributed by atoms with Crippen molar-refractivity contribution in [3.8, 4) is 11.1 Å². The fourth-order valence-electron chi connectivity index (χ4n) is 3.66. The van der Waals surface area contributed by atoms with E-state index < -0.39 is 0 Å². The first kappa shape index (κ1) is 18.1. The molecule has 0 aliphatic carbocycles. The van der Waals surface area contributed by atoms with Gasteiger partial charge in [0.25, 0.3) is 0 Å². The van der Waals surface area contributed by atoms with E-state index in [1.807, 2.05) is 0 Å². The fourth-order valence-corrected chi connectivity index (χ4v) is 4.56. The van der Waals surface area contributed by atoms with E-state index in [0.717, 1.165) is 19.3 Å². The van der Waals surface area contributed by atoms with Crippen molar-refractivity contribution in [1.82, 2.24) is 0 Å². The van der Waals surface area contributed by atoms with Crippen LogP contribution in [-0.2, 0) is 6.42 Å². The molecule has 2 radical (unpaired) electrons. The third-order valence-electron chi connectivity index (χ3n) is 4.76. The molecule has 0 unspecified atom stereocenters. The van der Waals surface area contributed by atoms with Gasteiger partial charge in [-0.05, 0) is 44.2 Å². The highest BCUT2D eigenvalue weighted by Crippen LogP contribution is 2.46. The van der Waals surface area contributed by atoms with E-state index in [-0.39, 0.29) is 0 Å². The first-order valence-corrected chi connectivity index (χ1v) is 10.1. The van der Waals surface area contributed by atoms with Crippen LogP contribution in [0.25, 0.3) is 11.1 Å². The van der Waals surface area contributed by atoms with Crippen LogP contribution in [0.15, 0.2) is 47.0 Å². The number of hydrogen-bond donors (Lipinski definition) is 0. The van der Waals surface area contributed by atoms with E-state index in [1.165, 1.54) is 44.1 Å². The molecule has 1 aliphatic heterocycles. The van der Waals surface area contributed by atoms with E-state index in [1.54, 1.807) is 11.8 Å². The number of hydrogen-bond acceptors (Lipinski definition) is 2. The van der Waals surface area contributed by atoms with Crippen molar-refractivity contribution >= 4 is 17.4 Å². The Bertz CT molecular complexity index is 783. The molecule has 0 atom stereocenters. The Hall–Kier alpha value is -1.67.